The molecule has 0 amide bonds. The Hall–Kier alpha value is -1.57. The smallest absolute Gasteiger partial charge is 0.262 e. The second kappa shape index (κ2) is 5.20. The summed E-state index contributed by atoms with van der Waals surface area (Å²) in [7, 11) is -3.77. The zero-order valence-corrected chi connectivity index (χ0v) is 11.6. The molecule has 0 bridgehead atoms. The van der Waals surface area contributed by atoms with Gasteiger partial charge in [0, 0.05) is 11.2 Å². The van der Waals surface area contributed by atoms with Crippen molar-refractivity contribution in [2.45, 2.75) is 18.4 Å². The Balaban J connectivity index is 2.48. The molecular weight excluding hydrogens is 290 g/mol. The number of rotatable bonds is 4. The summed E-state index contributed by atoms with van der Waals surface area (Å²) in [5.41, 5.74) is 1.26. The van der Waals surface area contributed by atoms with Gasteiger partial charge in [0.05, 0.1) is 23.4 Å². The first kappa shape index (κ1) is 13.9. The molecule has 1 aromatic heterocycles. The van der Waals surface area contributed by atoms with Gasteiger partial charge in [0.1, 0.15) is 0 Å². The zero-order chi connectivity index (χ0) is 14.0. The first-order chi connectivity index (χ1) is 8.94. The highest BCUT2D eigenvalue weighted by molar-refractivity contribution is 7.92. The van der Waals surface area contributed by atoms with Gasteiger partial charge in [0.2, 0.25) is 0 Å². The summed E-state index contributed by atoms with van der Waals surface area (Å²) >= 11 is 5.87. The Morgan fingerprint density at radius 1 is 1.47 bits per heavy atom. The van der Waals surface area contributed by atoms with Crippen molar-refractivity contribution in [1.82, 2.24) is 10.2 Å². The molecule has 1 heterocycles. The fraction of sp³-hybridized carbons (Fsp3) is 0.182. The van der Waals surface area contributed by atoms with Crippen molar-refractivity contribution in [2.75, 3.05) is 4.72 Å². The molecule has 8 heteroatoms. The van der Waals surface area contributed by atoms with Crippen molar-refractivity contribution >= 4 is 27.3 Å². The van der Waals surface area contributed by atoms with Crippen molar-refractivity contribution in [1.29, 1.82) is 0 Å². The molecule has 6 nitrogen and oxygen atoms in total. The van der Waals surface area contributed by atoms with Gasteiger partial charge in [-0.25, -0.2) is 8.42 Å². The van der Waals surface area contributed by atoms with E-state index in [-0.39, 0.29) is 16.5 Å². The lowest BCUT2D eigenvalue weighted by Crippen LogP contribution is -2.14. The molecule has 3 N–H and O–H groups in total. The number of nitrogens with zero attached hydrogens (tertiary/aromatic N) is 1. The van der Waals surface area contributed by atoms with Gasteiger partial charge in [-0.3, -0.25) is 9.82 Å². The molecule has 0 atom stereocenters. The lowest BCUT2D eigenvalue weighted by molar-refractivity contribution is 0.280. The third-order valence-electron chi connectivity index (χ3n) is 2.64. The molecule has 2 aromatic rings. The maximum atomic E-state index is 12.2. The molecule has 0 saturated heterocycles. The van der Waals surface area contributed by atoms with Crippen LogP contribution in [0, 0.1) is 6.92 Å². The van der Waals surface area contributed by atoms with Crippen molar-refractivity contribution in [3.05, 3.63) is 40.7 Å². The van der Waals surface area contributed by atoms with Crippen LogP contribution in [0.3, 0.4) is 0 Å². The highest BCUT2D eigenvalue weighted by Crippen LogP contribution is 2.26. The van der Waals surface area contributed by atoms with Gasteiger partial charge in [-0.1, -0.05) is 11.6 Å². The Morgan fingerprint density at radius 2 is 2.21 bits per heavy atom. The lowest BCUT2D eigenvalue weighted by Gasteiger charge is -2.12. The summed E-state index contributed by atoms with van der Waals surface area (Å²) < 4.78 is 26.9. The highest BCUT2D eigenvalue weighted by atomic mass is 35.5. The van der Waals surface area contributed by atoms with Gasteiger partial charge >= 0.3 is 0 Å². The normalized spacial score (nSPS) is 11.5. The van der Waals surface area contributed by atoms with E-state index in [0.717, 1.165) is 0 Å². The number of nitrogens with one attached hydrogen (secondary N) is 2. The van der Waals surface area contributed by atoms with Crippen LogP contribution in [0.15, 0.2) is 29.4 Å². The lowest BCUT2D eigenvalue weighted by atomic mass is 10.1. The third kappa shape index (κ3) is 2.89. The van der Waals surface area contributed by atoms with Crippen molar-refractivity contribution in [3.63, 3.8) is 0 Å². The van der Waals surface area contributed by atoms with Crippen LogP contribution in [0.2, 0.25) is 5.02 Å². The second-order valence-corrected chi connectivity index (χ2v) is 6.03. The summed E-state index contributed by atoms with van der Waals surface area (Å²) in [6.07, 6.45) is 2.77. The van der Waals surface area contributed by atoms with Crippen LogP contribution in [0.5, 0.6) is 0 Å². The first-order valence-corrected chi connectivity index (χ1v) is 7.21. The van der Waals surface area contributed by atoms with Gasteiger partial charge in [-0.05, 0) is 30.2 Å². The van der Waals surface area contributed by atoms with Crippen LogP contribution in [0.25, 0.3) is 0 Å². The van der Waals surface area contributed by atoms with Crippen LogP contribution in [0.4, 0.5) is 5.69 Å². The van der Waals surface area contributed by atoms with Crippen LogP contribution < -0.4 is 4.72 Å². The van der Waals surface area contributed by atoms with E-state index < -0.39 is 10.0 Å². The Bertz CT molecular complexity index is 683. The molecule has 19 heavy (non-hydrogen) atoms. The van der Waals surface area contributed by atoms with Crippen LogP contribution in [0.1, 0.15) is 11.1 Å². The first-order valence-electron chi connectivity index (χ1n) is 5.35. The molecule has 0 aliphatic heterocycles. The van der Waals surface area contributed by atoms with E-state index in [9.17, 15) is 13.5 Å². The number of anilines is 1. The third-order valence-corrected chi connectivity index (χ3v) is 4.37. The van der Waals surface area contributed by atoms with Crippen molar-refractivity contribution < 1.29 is 13.5 Å². The monoisotopic (exact) mass is 301 g/mol. The summed E-state index contributed by atoms with van der Waals surface area (Å²) in [5, 5.41) is 15.6. The fourth-order valence-corrected chi connectivity index (χ4v) is 3.32. The average Bonchev–Trinajstić information content (AvgIpc) is 2.83. The maximum Gasteiger partial charge on any atom is 0.262 e. The molecule has 102 valence electrons. The Morgan fingerprint density at radius 3 is 2.79 bits per heavy atom. The number of aromatic nitrogens is 2. The van der Waals surface area contributed by atoms with Gasteiger partial charge in [-0.15, -0.1) is 0 Å². The minimum atomic E-state index is -3.77. The van der Waals surface area contributed by atoms with Crippen molar-refractivity contribution in [2.24, 2.45) is 0 Å². The fourth-order valence-electron chi connectivity index (χ4n) is 1.67. The number of aliphatic hydroxyl groups is 1. The number of hydrogen-bond acceptors (Lipinski definition) is 4. The highest BCUT2D eigenvalue weighted by Gasteiger charge is 2.20. The Labute approximate surface area is 115 Å². The molecule has 0 aliphatic carbocycles. The standard InChI is InChI=1S/C11H12ClN3O3S/c1-7-8(6-16)2-9(12)3-11(7)19(17,18)15-10-4-13-14-5-10/h2-5,15-16H,6H2,1H3,(H,13,14). The van der Waals surface area contributed by atoms with Gasteiger partial charge < -0.3 is 5.11 Å². The maximum absolute atomic E-state index is 12.2. The predicted octanol–water partition coefficient (Wildman–Crippen LogP) is 1.66. The number of hydrogen-bond donors (Lipinski definition) is 3. The molecule has 0 radical (unpaired) electrons. The van der Waals surface area contributed by atoms with Crippen LogP contribution in [-0.4, -0.2) is 23.7 Å². The molecule has 0 fully saturated rings. The van der Waals surface area contributed by atoms with Crippen LogP contribution in [-0.2, 0) is 16.6 Å². The minimum Gasteiger partial charge on any atom is -0.392 e. The molecule has 2 rings (SSSR count). The number of aromatic amines is 1. The van der Waals surface area contributed by atoms with E-state index in [1.807, 2.05) is 0 Å². The van der Waals surface area contributed by atoms with E-state index in [0.29, 0.717) is 16.8 Å². The largest absolute Gasteiger partial charge is 0.392 e. The predicted molar refractivity (Wildman–Crippen MR) is 71.5 cm³/mol. The van der Waals surface area contributed by atoms with Gasteiger partial charge in [0.15, 0.2) is 0 Å². The molecule has 0 saturated carbocycles. The molecule has 0 unspecified atom stereocenters. The summed E-state index contributed by atoms with van der Waals surface area (Å²) in [6, 6.07) is 2.88. The summed E-state index contributed by atoms with van der Waals surface area (Å²) in [6.45, 7) is 1.34. The summed E-state index contributed by atoms with van der Waals surface area (Å²) in [5.74, 6) is 0. The van der Waals surface area contributed by atoms with Gasteiger partial charge in [-0.2, -0.15) is 5.10 Å². The number of H-pyrrole nitrogens is 1. The van der Waals surface area contributed by atoms with E-state index in [1.165, 1.54) is 24.5 Å². The number of sulfonamides is 1. The van der Waals surface area contributed by atoms with E-state index >= 15 is 0 Å². The number of halogens is 1. The zero-order valence-electron chi connectivity index (χ0n) is 10.0. The molecular formula is C11H12ClN3O3S. The van der Waals surface area contributed by atoms with E-state index in [1.54, 1.807) is 6.92 Å². The SMILES string of the molecule is Cc1c(CO)cc(Cl)cc1S(=O)(=O)Nc1cn[nH]c1. The number of aliphatic hydroxyl groups excluding tert-OH is 1. The van der Waals surface area contributed by atoms with E-state index in [2.05, 4.69) is 14.9 Å². The molecule has 1 aromatic carbocycles. The topological polar surface area (TPSA) is 95.1 Å². The molecule has 0 spiro atoms. The second-order valence-electron chi connectivity index (χ2n) is 3.94. The number of benzene rings is 1. The minimum absolute atomic E-state index is 0.0326. The Kier molecular flexibility index (Phi) is 3.79. The summed E-state index contributed by atoms with van der Waals surface area (Å²) in [4.78, 5) is 0.0326. The quantitative estimate of drug-likeness (QED) is 0.800. The molecule has 0 aliphatic rings. The van der Waals surface area contributed by atoms with Crippen LogP contribution >= 0.6 is 11.6 Å². The van der Waals surface area contributed by atoms with Crippen molar-refractivity contribution in [3.8, 4) is 0 Å². The van der Waals surface area contributed by atoms with E-state index in [4.69, 9.17) is 11.6 Å². The van der Waals surface area contributed by atoms with Gasteiger partial charge in [0.25, 0.3) is 10.0 Å². The average molecular weight is 302 g/mol.